The number of hydrogen-bond acceptors (Lipinski definition) is 4. The molecular formula is C22H24BrNO3. The van der Waals surface area contributed by atoms with E-state index in [0.29, 0.717) is 5.92 Å². The van der Waals surface area contributed by atoms with Crippen molar-refractivity contribution >= 4 is 15.9 Å². The van der Waals surface area contributed by atoms with Crippen molar-refractivity contribution in [3.63, 3.8) is 0 Å². The van der Waals surface area contributed by atoms with Crippen molar-refractivity contribution < 1.29 is 14.2 Å². The Morgan fingerprint density at radius 2 is 1.67 bits per heavy atom. The van der Waals surface area contributed by atoms with Gasteiger partial charge in [-0.15, -0.1) is 0 Å². The fourth-order valence-corrected chi connectivity index (χ4v) is 5.08. The monoisotopic (exact) mass is 429 g/mol. The molecule has 0 unspecified atom stereocenters. The Kier molecular flexibility index (Phi) is 4.13. The molecule has 1 fully saturated rings. The summed E-state index contributed by atoms with van der Waals surface area (Å²) >= 11 is 3.56. The summed E-state index contributed by atoms with van der Waals surface area (Å²) < 4.78 is 19.1. The van der Waals surface area contributed by atoms with Crippen LogP contribution < -0.4 is 14.2 Å². The molecule has 5 rings (SSSR count). The molecule has 0 bridgehead atoms. The molecule has 0 radical (unpaired) electrons. The minimum Gasteiger partial charge on any atom is -0.472 e. The van der Waals surface area contributed by atoms with Crippen LogP contribution in [-0.4, -0.2) is 30.5 Å². The van der Waals surface area contributed by atoms with E-state index in [0.717, 1.165) is 34.8 Å². The van der Waals surface area contributed by atoms with E-state index in [1.165, 1.54) is 24.0 Å². The highest BCUT2D eigenvalue weighted by molar-refractivity contribution is 9.10. The van der Waals surface area contributed by atoms with E-state index < -0.39 is 0 Å². The van der Waals surface area contributed by atoms with Gasteiger partial charge in [0.1, 0.15) is 5.75 Å². The van der Waals surface area contributed by atoms with Gasteiger partial charge in [0.25, 0.3) is 0 Å². The molecule has 27 heavy (non-hydrogen) atoms. The lowest BCUT2D eigenvalue weighted by atomic mass is 9.74. The normalized spacial score (nSPS) is 29.4. The van der Waals surface area contributed by atoms with E-state index in [1.807, 2.05) is 6.07 Å². The van der Waals surface area contributed by atoms with Gasteiger partial charge < -0.3 is 14.2 Å². The summed E-state index contributed by atoms with van der Waals surface area (Å²) in [7, 11) is 0. The number of hydrogen-bond donors (Lipinski definition) is 0. The van der Waals surface area contributed by atoms with Gasteiger partial charge in [0.15, 0.2) is 17.2 Å². The molecule has 0 aromatic heterocycles. The smallest absolute Gasteiger partial charge is 0.231 e. The molecule has 0 aliphatic carbocycles. The Bertz CT molecular complexity index is 863. The molecule has 0 spiro atoms. The first-order valence-electron chi connectivity index (χ1n) is 9.69. The molecule has 2 aromatic carbocycles. The molecule has 3 atom stereocenters. The van der Waals surface area contributed by atoms with Gasteiger partial charge in [-0.2, -0.15) is 0 Å². The van der Waals surface area contributed by atoms with E-state index in [9.17, 15) is 0 Å². The zero-order chi connectivity index (χ0) is 18.6. The van der Waals surface area contributed by atoms with Crippen LogP contribution in [0.3, 0.4) is 0 Å². The number of ether oxygens (including phenoxy) is 3. The first kappa shape index (κ1) is 17.4. The van der Waals surface area contributed by atoms with Crippen LogP contribution in [0.15, 0.2) is 40.9 Å². The fraction of sp³-hybridized carbons (Fsp3) is 0.455. The van der Waals surface area contributed by atoms with Crippen molar-refractivity contribution in [2.45, 2.75) is 38.3 Å². The van der Waals surface area contributed by atoms with Crippen LogP contribution in [-0.2, 0) is 0 Å². The molecule has 0 N–H and O–H groups in total. The summed E-state index contributed by atoms with van der Waals surface area (Å²) in [4.78, 5) is 2.51. The molecule has 1 saturated heterocycles. The summed E-state index contributed by atoms with van der Waals surface area (Å²) in [6.07, 6.45) is 2.48. The lowest BCUT2D eigenvalue weighted by Crippen LogP contribution is -2.57. The van der Waals surface area contributed by atoms with Crippen molar-refractivity contribution in [2.75, 3.05) is 19.9 Å². The zero-order valence-corrected chi connectivity index (χ0v) is 17.3. The highest BCUT2D eigenvalue weighted by Crippen LogP contribution is 2.53. The first-order valence-corrected chi connectivity index (χ1v) is 10.5. The predicted molar refractivity (Wildman–Crippen MR) is 108 cm³/mol. The first-order chi connectivity index (χ1) is 13.1. The molecule has 0 amide bonds. The van der Waals surface area contributed by atoms with Crippen LogP contribution in [0.5, 0.6) is 17.2 Å². The van der Waals surface area contributed by atoms with Crippen LogP contribution in [0.1, 0.15) is 43.7 Å². The summed E-state index contributed by atoms with van der Waals surface area (Å²) in [6, 6.07) is 12.8. The number of fused-ring (bicyclic) bond motifs is 2. The lowest BCUT2D eigenvalue weighted by molar-refractivity contribution is -0.114. The quantitative estimate of drug-likeness (QED) is 0.660. The highest BCUT2D eigenvalue weighted by Gasteiger charge is 2.49. The Morgan fingerprint density at radius 3 is 2.37 bits per heavy atom. The lowest BCUT2D eigenvalue weighted by Gasteiger charge is -2.50. The Hall–Kier alpha value is -1.72. The van der Waals surface area contributed by atoms with Crippen molar-refractivity contribution in [3.05, 3.63) is 52.0 Å². The molecule has 2 aromatic rings. The molecule has 3 aliphatic rings. The van der Waals surface area contributed by atoms with Gasteiger partial charge in [-0.3, -0.25) is 4.90 Å². The van der Waals surface area contributed by atoms with Gasteiger partial charge in [0.2, 0.25) is 6.79 Å². The van der Waals surface area contributed by atoms with E-state index in [-0.39, 0.29) is 18.4 Å². The maximum absolute atomic E-state index is 6.70. The van der Waals surface area contributed by atoms with Crippen molar-refractivity contribution in [1.29, 1.82) is 0 Å². The van der Waals surface area contributed by atoms with Gasteiger partial charge in [-0.25, -0.2) is 0 Å². The fourth-order valence-electron chi connectivity index (χ4n) is 4.82. The van der Waals surface area contributed by atoms with Gasteiger partial charge in [-0.05, 0) is 43.5 Å². The Labute approximate surface area is 168 Å². The maximum atomic E-state index is 6.70. The highest BCUT2D eigenvalue weighted by atomic mass is 79.9. The number of nitrogens with zero attached hydrogens (tertiary/aromatic N) is 1. The second-order valence-corrected chi connectivity index (χ2v) is 8.83. The number of likely N-dealkylation sites (tertiary alicyclic amines) is 1. The predicted octanol–water partition coefficient (Wildman–Crippen LogP) is 5.15. The maximum Gasteiger partial charge on any atom is 0.231 e. The second kappa shape index (κ2) is 6.42. The number of benzene rings is 2. The number of rotatable bonds is 2. The topological polar surface area (TPSA) is 30.9 Å². The summed E-state index contributed by atoms with van der Waals surface area (Å²) in [5.74, 6) is 3.05. The van der Waals surface area contributed by atoms with Gasteiger partial charge in [-0.1, -0.05) is 35.0 Å². The minimum atomic E-state index is -0.338. The average molecular weight is 430 g/mol. The van der Waals surface area contributed by atoms with Gasteiger partial charge in [0, 0.05) is 41.0 Å². The summed E-state index contributed by atoms with van der Waals surface area (Å²) in [6.45, 7) is 7.03. The molecule has 142 valence electrons. The van der Waals surface area contributed by atoms with E-state index in [4.69, 9.17) is 14.2 Å². The number of halogens is 1. The van der Waals surface area contributed by atoms with E-state index in [1.54, 1.807) is 0 Å². The molecular weight excluding hydrogens is 406 g/mol. The van der Waals surface area contributed by atoms with Crippen molar-refractivity contribution in [1.82, 2.24) is 4.90 Å². The SMILES string of the molecule is C[C@@H]1[C@H](c2ccc(Br)cc2)c2cc3c(cc2O[C@@]1(C)N1CCCC1)OCO3. The summed E-state index contributed by atoms with van der Waals surface area (Å²) in [5.41, 5.74) is 2.15. The minimum absolute atomic E-state index is 0.238. The zero-order valence-electron chi connectivity index (χ0n) is 15.7. The van der Waals surface area contributed by atoms with Crippen molar-refractivity contribution in [3.8, 4) is 17.2 Å². The summed E-state index contributed by atoms with van der Waals surface area (Å²) in [5, 5.41) is 0. The largest absolute Gasteiger partial charge is 0.472 e. The van der Waals surface area contributed by atoms with Crippen LogP contribution in [0.25, 0.3) is 0 Å². The van der Waals surface area contributed by atoms with Gasteiger partial charge in [0.05, 0.1) is 0 Å². The molecule has 0 saturated carbocycles. The van der Waals surface area contributed by atoms with Gasteiger partial charge >= 0.3 is 0 Å². The third-order valence-electron chi connectivity index (χ3n) is 6.46. The van der Waals surface area contributed by atoms with Crippen LogP contribution in [0, 0.1) is 5.92 Å². The van der Waals surface area contributed by atoms with Crippen LogP contribution in [0.4, 0.5) is 0 Å². The standard InChI is InChI=1S/C22H24BrNO3/c1-14-21(15-5-7-16(23)8-6-15)17-11-19-20(26-13-25-19)12-18(17)27-22(14,2)24-9-3-4-10-24/h5-8,11-12,14,21H,3-4,9-10,13H2,1-2H3/t14-,21-,22-/m1/s1. The van der Waals surface area contributed by atoms with Crippen molar-refractivity contribution in [2.24, 2.45) is 5.92 Å². The molecule has 5 heteroatoms. The van der Waals surface area contributed by atoms with E-state index in [2.05, 4.69) is 65.0 Å². The second-order valence-electron chi connectivity index (χ2n) is 7.91. The Balaban J connectivity index is 1.66. The molecule has 3 heterocycles. The third kappa shape index (κ3) is 2.74. The molecule has 4 nitrogen and oxygen atoms in total. The average Bonchev–Trinajstić information content (AvgIpc) is 3.34. The molecule has 3 aliphatic heterocycles. The Morgan fingerprint density at radius 1 is 1.00 bits per heavy atom. The van der Waals surface area contributed by atoms with Crippen LogP contribution >= 0.6 is 15.9 Å². The van der Waals surface area contributed by atoms with E-state index >= 15 is 0 Å². The third-order valence-corrected chi connectivity index (χ3v) is 6.99. The van der Waals surface area contributed by atoms with Crippen LogP contribution in [0.2, 0.25) is 0 Å².